The molecule has 0 atom stereocenters. The fourth-order valence-corrected chi connectivity index (χ4v) is 1.59. The third-order valence-electron chi connectivity index (χ3n) is 2.81. The van der Waals surface area contributed by atoms with E-state index in [-0.39, 0.29) is 5.69 Å². The third-order valence-corrected chi connectivity index (χ3v) is 2.81. The molecule has 1 amide bonds. The van der Waals surface area contributed by atoms with Crippen molar-refractivity contribution in [3.05, 3.63) is 35.8 Å². The third kappa shape index (κ3) is 2.57. The lowest BCUT2D eigenvalue weighted by atomic mass is 10.1. The minimum absolute atomic E-state index is 0.194. The van der Waals surface area contributed by atoms with Crippen molar-refractivity contribution in [1.29, 1.82) is 0 Å². The van der Waals surface area contributed by atoms with Crippen molar-refractivity contribution in [3.8, 4) is 0 Å². The normalized spacial score (nSPS) is 11.5. The monoisotopic (exact) mass is 261 g/mol. The van der Waals surface area contributed by atoms with Crippen LogP contribution in [0.1, 0.15) is 29.9 Å². The molecule has 19 heavy (non-hydrogen) atoms. The number of aliphatic carboxylic acids is 1. The molecule has 0 bridgehead atoms. The van der Waals surface area contributed by atoms with E-state index >= 15 is 0 Å². The Labute approximate surface area is 110 Å². The standard InChI is InChI=1S/C13H15N3O3/c1-8-4-5-16-7-9(14-10(16)6-8)11(17)15-13(2,3)12(18)19/h4-7H,1-3H3,(H,15,17)(H,18,19). The Morgan fingerprint density at radius 1 is 1.42 bits per heavy atom. The van der Waals surface area contributed by atoms with Gasteiger partial charge in [-0.25, -0.2) is 9.78 Å². The van der Waals surface area contributed by atoms with Crippen LogP contribution >= 0.6 is 0 Å². The fraction of sp³-hybridized carbons (Fsp3) is 0.308. The smallest absolute Gasteiger partial charge is 0.328 e. The number of carbonyl (C=O) groups excluding carboxylic acids is 1. The van der Waals surface area contributed by atoms with Crippen molar-refractivity contribution in [2.75, 3.05) is 0 Å². The highest BCUT2D eigenvalue weighted by atomic mass is 16.4. The Hall–Kier alpha value is -2.37. The number of fused-ring (bicyclic) bond motifs is 1. The molecule has 0 aliphatic rings. The number of hydrogen-bond acceptors (Lipinski definition) is 3. The molecule has 2 aromatic heterocycles. The number of aryl methyl sites for hydroxylation is 1. The van der Waals surface area contributed by atoms with Gasteiger partial charge in [0.25, 0.3) is 5.91 Å². The summed E-state index contributed by atoms with van der Waals surface area (Å²) in [5.41, 5.74) is 0.553. The number of rotatable bonds is 3. The second-order valence-electron chi connectivity index (χ2n) is 4.98. The minimum atomic E-state index is -1.33. The molecule has 0 aromatic carbocycles. The van der Waals surface area contributed by atoms with Crippen LogP contribution < -0.4 is 5.32 Å². The van der Waals surface area contributed by atoms with Crippen LogP contribution in [0.15, 0.2) is 24.5 Å². The van der Waals surface area contributed by atoms with Crippen molar-refractivity contribution in [3.63, 3.8) is 0 Å². The topological polar surface area (TPSA) is 83.7 Å². The molecule has 2 aromatic rings. The average molecular weight is 261 g/mol. The summed E-state index contributed by atoms with van der Waals surface area (Å²) < 4.78 is 1.72. The molecule has 0 aliphatic carbocycles. The molecule has 0 unspecified atom stereocenters. The summed E-state index contributed by atoms with van der Waals surface area (Å²) in [7, 11) is 0. The van der Waals surface area contributed by atoms with Crippen LogP contribution in [0.2, 0.25) is 0 Å². The van der Waals surface area contributed by atoms with Crippen LogP contribution in [0, 0.1) is 6.92 Å². The number of carboxylic acids is 1. The highest BCUT2D eigenvalue weighted by Gasteiger charge is 2.30. The highest BCUT2D eigenvalue weighted by Crippen LogP contribution is 2.09. The maximum atomic E-state index is 12.0. The van der Waals surface area contributed by atoms with E-state index in [0.717, 1.165) is 5.56 Å². The Kier molecular flexibility index (Phi) is 3.01. The largest absolute Gasteiger partial charge is 0.480 e. The minimum Gasteiger partial charge on any atom is -0.480 e. The van der Waals surface area contributed by atoms with Crippen molar-refractivity contribution in [2.45, 2.75) is 26.3 Å². The van der Waals surface area contributed by atoms with Crippen LogP contribution in [0.3, 0.4) is 0 Å². The number of imidazole rings is 1. The number of amides is 1. The maximum Gasteiger partial charge on any atom is 0.328 e. The predicted molar refractivity (Wildman–Crippen MR) is 69.1 cm³/mol. The molecule has 0 fully saturated rings. The number of carbonyl (C=O) groups is 2. The van der Waals surface area contributed by atoms with E-state index in [9.17, 15) is 9.59 Å². The molecule has 0 saturated heterocycles. The molecule has 6 heteroatoms. The van der Waals surface area contributed by atoms with Gasteiger partial charge in [0.05, 0.1) is 0 Å². The van der Waals surface area contributed by atoms with Gasteiger partial charge in [-0.3, -0.25) is 4.79 Å². The summed E-state index contributed by atoms with van der Waals surface area (Å²) in [5.74, 6) is -1.60. The van der Waals surface area contributed by atoms with Crippen LogP contribution in [0.4, 0.5) is 0 Å². The van der Waals surface area contributed by atoms with Gasteiger partial charge in [-0.15, -0.1) is 0 Å². The summed E-state index contributed by atoms with van der Waals surface area (Å²) in [6, 6.07) is 3.75. The number of hydrogen-bond donors (Lipinski definition) is 2. The van der Waals surface area contributed by atoms with Crippen LogP contribution in [0.25, 0.3) is 5.65 Å². The molecule has 2 N–H and O–H groups in total. The molecule has 0 saturated carbocycles. The molecule has 100 valence electrons. The predicted octanol–water partition coefficient (Wildman–Crippen LogP) is 1.24. The quantitative estimate of drug-likeness (QED) is 0.870. The lowest BCUT2D eigenvalue weighted by Gasteiger charge is -2.19. The van der Waals surface area contributed by atoms with Crippen molar-refractivity contribution in [2.24, 2.45) is 0 Å². The number of nitrogens with one attached hydrogen (secondary N) is 1. The second-order valence-corrected chi connectivity index (χ2v) is 4.98. The average Bonchev–Trinajstić information content (AvgIpc) is 2.71. The van der Waals surface area contributed by atoms with Gasteiger partial charge in [0.2, 0.25) is 0 Å². The van der Waals surface area contributed by atoms with Gasteiger partial charge in [-0.1, -0.05) is 0 Å². The zero-order valence-electron chi connectivity index (χ0n) is 11.0. The highest BCUT2D eigenvalue weighted by molar-refractivity contribution is 5.96. The molecule has 0 spiro atoms. The van der Waals surface area contributed by atoms with E-state index in [1.165, 1.54) is 13.8 Å². The van der Waals surface area contributed by atoms with Gasteiger partial charge in [0.15, 0.2) is 0 Å². The molecule has 6 nitrogen and oxygen atoms in total. The van der Waals surface area contributed by atoms with Crippen LogP contribution in [-0.4, -0.2) is 31.9 Å². The van der Waals surface area contributed by atoms with Gasteiger partial charge < -0.3 is 14.8 Å². The van der Waals surface area contributed by atoms with E-state index < -0.39 is 17.4 Å². The first kappa shape index (κ1) is 13.1. The first-order valence-corrected chi connectivity index (χ1v) is 5.81. The Bertz CT molecular complexity index is 658. The fourth-order valence-electron chi connectivity index (χ4n) is 1.59. The molecular weight excluding hydrogens is 246 g/mol. The Balaban J connectivity index is 2.29. The van der Waals surface area contributed by atoms with E-state index in [1.54, 1.807) is 16.8 Å². The number of pyridine rings is 1. The van der Waals surface area contributed by atoms with Gasteiger partial charge in [-0.2, -0.15) is 0 Å². The van der Waals surface area contributed by atoms with E-state index in [2.05, 4.69) is 10.3 Å². The van der Waals surface area contributed by atoms with Gasteiger partial charge in [0.1, 0.15) is 16.9 Å². The number of carboxylic acid groups (broad SMARTS) is 1. The molecule has 0 aliphatic heterocycles. The van der Waals surface area contributed by atoms with Crippen LogP contribution in [0.5, 0.6) is 0 Å². The van der Waals surface area contributed by atoms with Crippen molar-refractivity contribution in [1.82, 2.24) is 14.7 Å². The SMILES string of the molecule is Cc1ccn2cc(C(=O)NC(C)(C)C(=O)O)nc2c1. The van der Waals surface area contributed by atoms with E-state index in [4.69, 9.17) is 5.11 Å². The van der Waals surface area contributed by atoms with Crippen LogP contribution in [-0.2, 0) is 4.79 Å². The Morgan fingerprint density at radius 2 is 2.11 bits per heavy atom. The van der Waals surface area contributed by atoms with Crippen molar-refractivity contribution >= 4 is 17.5 Å². The zero-order valence-corrected chi connectivity index (χ0v) is 11.0. The first-order chi connectivity index (χ1) is 8.79. The molecule has 2 heterocycles. The number of aromatic nitrogens is 2. The summed E-state index contributed by atoms with van der Waals surface area (Å²) in [6.45, 7) is 4.78. The van der Waals surface area contributed by atoms with Crippen molar-refractivity contribution < 1.29 is 14.7 Å². The summed E-state index contributed by atoms with van der Waals surface area (Å²) >= 11 is 0. The summed E-state index contributed by atoms with van der Waals surface area (Å²) in [5, 5.41) is 11.4. The van der Waals surface area contributed by atoms with E-state index in [0.29, 0.717) is 5.65 Å². The summed E-state index contributed by atoms with van der Waals surface area (Å²) in [6.07, 6.45) is 3.37. The lowest BCUT2D eigenvalue weighted by Crippen LogP contribution is -2.49. The van der Waals surface area contributed by atoms with Gasteiger partial charge in [0, 0.05) is 12.4 Å². The number of nitrogens with zero attached hydrogens (tertiary/aromatic N) is 2. The van der Waals surface area contributed by atoms with Gasteiger partial charge in [-0.05, 0) is 38.5 Å². The second kappa shape index (κ2) is 4.38. The molecular formula is C13H15N3O3. The lowest BCUT2D eigenvalue weighted by molar-refractivity contribution is -0.143. The molecule has 0 radical (unpaired) electrons. The zero-order chi connectivity index (χ0) is 14.2. The van der Waals surface area contributed by atoms with Gasteiger partial charge >= 0.3 is 5.97 Å². The maximum absolute atomic E-state index is 12.0. The summed E-state index contributed by atoms with van der Waals surface area (Å²) in [4.78, 5) is 27.1. The Morgan fingerprint density at radius 3 is 2.74 bits per heavy atom. The molecule has 2 rings (SSSR count). The first-order valence-electron chi connectivity index (χ1n) is 5.81. The van der Waals surface area contributed by atoms with E-state index in [1.807, 2.05) is 19.1 Å².